The largest absolute Gasteiger partial charge is 0.496 e. The van der Waals surface area contributed by atoms with E-state index in [1.807, 2.05) is 18.2 Å². The quantitative estimate of drug-likeness (QED) is 0.651. The second-order valence-corrected chi connectivity index (χ2v) is 6.98. The predicted octanol–water partition coefficient (Wildman–Crippen LogP) is 3.79. The van der Waals surface area contributed by atoms with Crippen molar-refractivity contribution in [3.8, 4) is 23.1 Å². The molecule has 2 aromatic carbocycles. The Bertz CT molecular complexity index is 1010. The number of nitrogens with two attached hydrogens (primary N) is 2. The lowest BCUT2D eigenvalue weighted by Crippen LogP contribution is -2.05. The van der Waals surface area contributed by atoms with Crippen LogP contribution in [0.4, 0.5) is 11.8 Å². The van der Waals surface area contributed by atoms with Crippen LogP contribution in [0, 0.1) is 18.3 Å². The van der Waals surface area contributed by atoms with Gasteiger partial charge in [-0.05, 0) is 37.3 Å². The number of aryl methyl sites for hydroxylation is 1. The molecule has 0 fully saturated rings. The van der Waals surface area contributed by atoms with Crippen LogP contribution in [0.25, 0.3) is 11.3 Å². The zero-order chi connectivity index (χ0) is 19.4. The number of rotatable bonds is 5. The van der Waals surface area contributed by atoms with Crippen LogP contribution < -0.4 is 16.2 Å². The molecule has 7 heteroatoms. The Morgan fingerprint density at radius 3 is 2.52 bits per heavy atom. The first kappa shape index (κ1) is 18.5. The van der Waals surface area contributed by atoms with Crippen molar-refractivity contribution in [3.63, 3.8) is 0 Å². The van der Waals surface area contributed by atoms with Crippen molar-refractivity contribution in [2.75, 3.05) is 18.6 Å². The van der Waals surface area contributed by atoms with Gasteiger partial charge in [-0.1, -0.05) is 17.7 Å². The van der Waals surface area contributed by atoms with E-state index in [4.69, 9.17) is 16.2 Å². The van der Waals surface area contributed by atoms with Gasteiger partial charge in [0.25, 0.3) is 0 Å². The number of methoxy groups -OCH3 is 1. The molecule has 136 valence electrons. The molecule has 0 saturated carbocycles. The first-order valence-corrected chi connectivity index (χ1v) is 9.20. The highest BCUT2D eigenvalue weighted by molar-refractivity contribution is 7.98. The molecule has 0 amide bonds. The van der Waals surface area contributed by atoms with Crippen LogP contribution in [0.15, 0.2) is 47.4 Å². The molecule has 0 bridgehead atoms. The van der Waals surface area contributed by atoms with Gasteiger partial charge in [0, 0.05) is 21.8 Å². The zero-order valence-corrected chi connectivity index (χ0v) is 15.9. The lowest BCUT2D eigenvalue weighted by atomic mass is 10.0. The minimum absolute atomic E-state index is 0.0351. The van der Waals surface area contributed by atoms with Crippen LogP contribution in [0.3, 0.4) is 0 Å². The topological polar surface area (TPSA) is 111 Å². The van der Waals surface area contributed by atoms with Crippen LogP contribution in [-0.4, -0.2) is 17.1 Å². The number of nitrogen functional groups attached to an aromatic ring is 2. The normalized spacial score (nSPS) is 10.4. The van der Waals surface area contributed by atoms with Crippen LogP contribution in [-0.2, 0) is 5.75 Å². The first-order valence-electron chi connectivity index (χ1n) is 8.21. The standard InChI is InChI=1S/C20H19N5OS/c1-12-3-6-15(7-4-12)27-11-14-9-13(5-8-17(14)26-2)18-16(10-21)19(22)25-20(23)24-18/h3-9H,11H2,1-2H3,(H4,22,23,24,25). The third-order valence-corrected chi connectivity index (χ3v) is 5.10. The molecular weight excluding hydrogens is 358 g/mol. The van der Waals surface area contributed by atoms with Crippen molar-refractivity contribution in [1.82, 2.24) is 9.97 Å². The van der Waals surface area contributed by atoms with Gasteiger partial charge in [0.15, 0.2) is 0 Å². The fourth-order valence-corrected chi connectivity index (χ4v) is 3.53. The number of nitrogens with zero attached hydrogens (tertiary/aromatic N) is 3. The summed E-state index contributed by atoms with van der Waals surface area (Å²) in [6.45, 7) is 2.06. The third kappa shape index (κ3) is 4.13. The summed E-state index contributed by atoms with van der Waals surface area (Å²) >= 11 is 1.70. The molecule has 27 heavy (non-hydrogen) atoms. The van der Waals surface area contributed by atoms with Crippen molar-refractivity contribution in [2.45, 2.75) is 17.6 Å². The summed E-state index contributed by atoms with van der Waals surface area (Å²) < 4.78 is 5.49. The molecule has 0 aliphatic heterocycles. The van der Waals surface area contributed by atoms with Gasteiger partial charge >= 0.3 is 0 Å². The fourth-order valence-electron chi connectivity index (χ4n) is 2.65. The van der Waals surface area contributed by atoms with E-state index < -0.39 is 0 Å². The molecule has 0 atom stereocenters. The Labute approximate surface area is 162 Å². The summed E-state index contributed by atoms with van der Waals surface area (Å²) in [5, 5.41) is 9.42. The Morgan fingerprint density at radius 1 is 1.11 bits per heavy atom. The van der Waals surface area contributed by atoms with E-state index in [0.29, 0.717) is 11.4 Å². The molecular formula is C20H19N5OS. The average Bonchev–Trinajstić information content (AvgIpc) is 2.66. The van der Waals surface area contributed by atoms with Gasteiger partial charge in [0.2, 0.25) is 5.95 Å². The summed E-state index contributed by atoms with van der Waals surface area (Å²) in [5.74, 6) is 1.59. The van der Waals surface area contributed by atoms with E-state index in [1.165, 1.54) is 10.5 Å². The van der Waals surface area contributed by atoms with Gasteiger partial charge in [-0.3, -0.25) is 0 Å². The number of hydrogen-bond donors (Lipinski definition) is 2. The third-order valence-electron chi connectivity index (χ3n) is 4.04. The highest BCUT2D eigenvalue weighted by Crippen LogP contribution is 2.33. The number of aromatic nitrogens is 2. The molecule has 0 aliphatic rings. The molecule has 0 unspecified atom stereocenters. The Kier molecular flexibility index (Phi) is 5.48. The lowest BCUT2D eigenvalue weighted by Gasteiger charge is -2.12. The number of thioether (sulfide) groups is 1. The second kappa shape index (κ2) is 7.98. The molecule has 0 saturated heterocycles. The number of benzene rings is 2. The van der Waals surface area contributed by atoms with Gasteiger partial charge in [0.05, 0.1) is 12.8 Å². The zero-order valence-electron chi connectivity index (χ0n) is 15.1. The molecule has 1 heterocycles. The van der Waals surface area contributed by atoms with Crippen LogP contribution in [0.2, 0.25) is 0 Å². The molecule has 4 N–H and O–H groups in total. The molecule has 6 nitrogen and oxygen atoms in total. The predicted molar refractivity (Wildman–Crippen MR) is 108 cm³/mol. The molecule has 1 aromatic heterocycles. The van der Waals surface area contributed by atoms with Crippen molar-refractivity contribution >= 4 is 23.5 Å². The summed E-state index contributed by atoms with van der Waals surface area (Å²) in [7, 11) is 1.64. The molecule has 0 radical (unpaired) electrons. The number of anilines is 2. The Morgan fingerprint density at radius 2 is 1.85 bits per heavy atom. The minimum atomic E-state index is 0.0351. The summed E-state index contributed by atoms with van der Waals surface area (Å²) in [5.41, 5.74) is 15.1. The fraction of sp³-hybridized carbons (Fsp3) is 0.150. The van der Waals surface area contributed by atoms with Gasteiger partial charge in [0.1, 0.15) is 23.2 Å². The van der Waals surface area contributed by atoms with Gasteiger partial charge in [-0.25, -0.2) is 4.98 Å². The van der Waals surface area contributed by atoms with Crippen LogP contribution in [0.1, 0.15) is 16.7 Å². The maximum Gasteiger partial charge on any atom is 0.222 e. The van der Waals surface area contributed by atoms with E-state index in [0.717, 1.165) is 16.9 Å². The maximum absolute atomic E-state index is 9.42. The summed E-state index contributed by atoms with van der Waals surface area (Å²) in [6.07, 6.45) is 0. The molecule has 3 aromatic rings. The smallest absolute Gasteiger partial charge is 0.222 e. The van der Waals surface area contributed by atoms with E-state index in [2.05, 4.69) is 47.2 Å². The Hall–Kier alpha value is -3.24. The second-order valence-electron chi connectivity index (χ2n) is 5.93. The SMILES string of the molecule is COc1ccc(-c2nc(N)nc(N)c2C#N)cc1CSc1ccc(C)cc1. The number of nitriles is 1. The van der Waals surface area contributed by atoms with Gasteiger partial charge in [-0.2, -0.15) is 10.2 Å². The van der Waals surface area contributed by atoms with Gasteiger partial charge < -0.3 is 16.2 Å². The van der Waals surface area contributed by atoms with E-state index in [-0.39, 0.29) is 17.3 Å². The summed E-state index contributed by atoms with van der Waals surface area (Å²) in [4.78, 5) is 9.25. The van der Waals surface area contributed by atoms with Crippen molar-refractivity contribution < 1.29 is 4.74 Å². The van der Waals surface area contributed by atoms with Crippen molar-refractivity contribution in [3.05, 3.63) is 59.2 Å². The monoisotopic (exact) mass is 377 g/mol. The van der Waals surface area contributed by atoms with Gasteiger partial charge in [-0.15, -0.1) is 11.8 Å². The van der Waals surface area contributed by atoms with E-state index in [1.54, 1.807) is 18.9 Å². The Balaban J connectivity index is 1.97. The maximum atomic E-state index is 9.42. The summed E-state index contributed by atoms with van der Waals surface area (Å²) in [6, 6.07) is 16.1. The van der Waals surface area contributed by atoms with Crippen LogP contribution >= 0.6 is 11.8 Å². The van der Waals surface area contributed by atoms with E-state index in [9.17, 15) is 5.26 Å². The average molecular weight is 377 g/mol. The number of ether oxygens (including phenoxy) is 1. The molecule has 3 rings (SSSR count). The van der Waals surface area contributed by atoms with Crippen LogP contribution in [0.5, 0.6) is 5.75 Å². The van der Waals surface area contributed by atoms with E-state index >= 15 is 0 Å². The molecule has 0 spiro atoms. The first-order chi connectivity index (χ1) is 13.0. The lowest BCUT2D eigenvalue weighted by molar-refractivity contribution is 0.411. The minimum Gasteiger partial charge on any atom is -0.496 e. The highest BCUT2D eigenvalue weighted by Gasteiger charge is 2.15. The van der Waals surface area contributed by atoms with Crippen molar-refractivity contribution in [1.29, 1.82) is 5.26 Å². The number of hydrogen-bond acceptors (Lipinski definition) is 7. The molecule has 0 aliphatic carbocycles. The van der Waals surface area contributed by atoms with Crippen molar-refractivity contribution in [2.24, 2.45) is 0 Å². The highest BCUT2D eigenvalue weighted by atomic mass is 32.2.